The lowest BCUT2D eigenvalue weighted by Gasteiger charge is -2.35. The SMILES string of the molecule is CC(=O)NCC1CCCN(c2ccc([N+](=O)[O-])cc2S(C)(=O)=O)C1. The number of non-ortho nitro benzene ring substituents is 1. The molecule has 1 aliphatic heterocycles. The average Bonchev–Trinajstić information content (AvgIpc) is 2.51. The van der Waals surface area contributed by atoms with Crippen LogP contribution >= 0.6 is 0 Å². The van der Waals surface area contributed by atoms with Crippen molar-refractivity contribution in [3.8, 4) is 0 Å². The molecular weight excluding hydrogens is 334 g/mol. The summed E-state index contributed by atoms with van der Waals surface area (Å²) in [5.74, 6) is 0.115. The topological polar surface area (TPSA) is 110 Å². The van der Waals surface area contributed by atoms with Gasteiger partial charge in [-0.25, -0.2) is 8.42 Å². The summed E-state index contributed by atoms with van der Waals surface area (Å²) >= 11 is 0. The maximum absolute atomic E-state index is 12.1. The fourth-order valence-electron chi connectivity index (χ4n) is 2.91. The molecule has 0 spiro atoms. The van der Waals surface area contributed by atoms with Gasteiger partial charge in [0.1, 0.15) is 0 Å². The van der Waals surface area contributed by atoms with Gasteiger partial charge in [-0.15, -0.1) is 0 Å². The van der Waals surface area contributed by atoms with Crippen molar-refractivity contribution in [2.75, 3.05) is 30.8 Å². The third kappa shape index (κ3) is 4.44. The molecule has 1 N–H and O–H groups in total. The van der Waals surface area contributed by atoms with E-state index in [0.29, 0.717) is 25.3 Å². The number of carbonyl (C=O) groups excluding carboxylic acids is 1. The number of amides is 1. The Morgan fingerprint density at radius 1 is 1.46 bits per heavy atom. The van der Waals surface area contributed by atoms with Crippen LogP contribution in [0.25, 0.3) is 0 Å². The molecule has 0 aliphatic carbocycles. The first kappa shape index (κ1) is 18.2. The van der Waals surface area contributed by atoms with E-state index in [2.05, 4.69) is 5.32 Å². The second-order valence-corrected chi connectivity index (χ2v) is 8.06. The number of carbonyl (C=O) groups is 1. The van der Waals surface area contributed by atoms with Gasteiger partial charge in [0, 0.05) is 44.9 Å². The summed E-state index contributed by atoms with van der Waals surface area (Å²) in [5, 5.41) is 13.7. The second kappa shape index (κ2) is 7.16. The zero-order chi connectivity index (χ0) is 17.9. The van der Waals surface area contributed by atoms with E-state index in [1.54, 1.807) is 0 Å². The highest BCUT2D eigenvalue weighted by Gasteiger charge is 2.26. The molecule has 24 heavy (non-hydrogen) atoms. The maximum atomic E-state index is 12.1. The molecule has 0 bridgehead atoms. The van der Waals surface area contributed by atoms with Crippen molar-refractivity contribution in [3.05, 3.63) is 28.3 Å². The minimum Gasteiger partial charge on any atom is -0.370 e. The number of nitro groups is 1. The molecule has 0 aromatic heterocycles. The molecule has 1 saturated heterocycles. The largest absolute Gasteiger partial charge is 0.370 e. The summed E-state index contributed by atoms with van der Waals surface area (Å²) in [5.41, 5.74) is 0.238. The highest BCUT2D eigenvalue weighted by Crippen LogP contribution is 2.32. The number of piperidine rings is 1. The Labute approximate surface area is 140 Å². The number of rotatable bonds is 5. The summed E-state index contributed by atoms with van der Waals surface area (Å²) in [6.45, 7) is 3.27. The molecule has 1 atom stereocenters. The van der Waals surface area contributed by atoms with Crippen molar-refractivity contribution in [1.29, 1.82) is 0 Å². The van der Waals surface area contributed by atoms with Crippen LogP contribution in [0.5, 0.6) is 0 Å². The number of sulfone groups is 1. The molecule has 132 valence electrons. The molecule has 2 rings (SSSR count). The molecule has 1 heterocycles. The molecule has 1 aliphatic rings. The van der Waals surface area contributed by atoms with Crippen LogP contribution in [0.15, 0.2) is 23.1 Å². The van der Waals surface area contributed by atoms with Crippen LogP contribution in [0.4, 0.5) is 11.4 Å². The Bertz CT molecular complexity index is 747. The van der Waals surface area contributed by atoms with Crippen LogP contribution in [-0.4, -0.2) is 45.1 Å². The van der Waals surface area contributed by atoms with E-state index in [4.69, 9.17) is 0 Å². The van der Waals surface area contributed by atoms with Crippen molar-refractivity contribution in [1.82, 2.24) is 5.32 Å². The maximum Gasteiger partial charge on any atom is 0.270 e. The van der Waals surface area contributed by atoms with Gasteiger partial charge in [-0.05, 0) is 24.8 Å². The van der Waals surface area contributed by atoms with Crippen LogP contribution < -0.4 is 10.2 Å². The van der Waals surface area contributed by atoms with Crippen LogP contribution in [0.2, 0.25) is 0 Å². The number of anilines is 1. The Balaban J connectivity index is 2.30. The van der Waals surface area contributed by atoms with Crippen molar-refractivity contribution in [2.45, 2.75) is 24.7 Å². The van der Waals surface area contributed by atoms with Gasteiger partial charge in [0.25, 0.3) is 5.69 Å². The molecule has 1 aromatic carbocycles. The number of nitro benzene ring substituents is 1. The molecule has 0 saturated carbocycles. The van der Waals surface area contributed by atoms with Crippen LogP contribution in [0.3, 0.4) is 0 Å². The van der Waals surface area contributed by atoms with Gasteiger partial charge in [0.15, 0.2) is 9.84 Å². The Hall–Kier alpha value is -2.16. The highest BCUT2D eigenvalue weighted by atomic mass is 32.2. The van der Waals surface area contributed by atoms with Gasteiger partial charge in [-0.3, -0.25) is 14.9 Å². The first-order valence-electron chi connectivity index (χ1n) is 7.66. The van der Waals surface area contributed by atoms with E-state index < -0.39 is 14.8 Å². The first-order chi connectivity index (χ1) is 11.2. The van der Waals surface area contributed by atoms with Gasteiger partial charge in [-0.2, -0.15) is 0 Å². The van der Waals surface area contributed by atoms with Gasteiger partial charge in [0.05, 0.1) is 15.5 Å². The zero-order valence-electron chi connectivity index (χ0n) is 13.7. The number of hydrogen-bond donors (Lipinski definition) is 1. The summed E-state index contributed by atoms with van der Waals surface area (Å²) in [6, 6.07) is 3.93. The van der Waals surface area contributed by atoms with Crippen LogP contribution in [0, 0.1) is 16.0 Å². The van der Waals surface area contributed by atoms with Crippen molar-refractivity contribution < 1.29 is 18.1 Å². The minimum absolute atomic E-state index is 0.0307. The van der Waals surface area contributed by atoms with Gasteiger partial charge in [-0.1, -0.05) is 0 Å². The lowest BCUT2D eigenvalue weighted by molar-refractivity contribution is -0.385. The summed E-state index contributed by atoms with van der Waals surface area (Å²) in [7, 11) is -3.60. The summed E-state index contributed by atoms with van der Waals surface area (Å²) < 4.78 is 24.1. The van der Waals surface area contributed by atoms with Gasteiger partial charge < -0.3 is 10.2 Å². The zero-order valence-corrected chi connectivity index (χ0v) is 14.5. The highest BCUT2D eigenvalue weighted by molar-refractivity contribution is 7.90. The van der Waals surface area contributed by atoms with E-state index in [1.165, 1.54) is 19.1 Å². The quantitative estimate of drug-likeness (QED) is 0.631. The van der Waals surface area contributed by atoms with Crippen LogP contribution in [0.1, 0.15) is 19.8 Å². The standard InChI is InChI=1S/C15H21N3O5S/c1-11(19)16-9-12-4-3-7-17(10-12)14-6-5-13(18(20)21)8-15(14)24(2,22)23/h5-6,8,12H,3-4,7,9-10H2,1-2H3,(H,16,19). The predicted octanol–water partition coefficient (Wildman–Crippen LogP) is 1.35. The van der Waals surface area contributed by atoms with Gasteiger partial charge in [0.2, 0.25) is 5.91 Å². The number of nitrogens with zero attached hydrogens (tertiary/aromatic N) is 2. The van der Waals surface area contributed by atoms with Crippen molar-refractivity contribution in [2.24, 2.45) is 5.92 Å². The molecular formula is C15H21N3O5S. The predicted molar refractivity (Wildman–Crippen MR) is 89.8 cm³/mol. The molecule has 9 heteroatoms. The third-order valence-electron chi connectivity index (χ3n) is 4.05. The van der Waals surface area contributed by atoms with Crippen LogP contribution in [-0.2, 0) is 14.6 Å². The van der Waals surface area contributed by atoms with E-state index in [9.17, 15) is 23.3 Å². The van der Waals surface area contributed by atoms with E-state index in [1.807, 2.05) is 4.90 Å². The van der Waals surface area contributed by atoms with Crippen molar-refractivity contribution >= 4 is 27.1 Å². The van der Waals surface area contributed by atoms with E-state index >= 15 is 0 Å². The summed E-state index contributed by atoms with van der Waals surface area (Å²) in [6.07, 6.45) is 2.86. The lowest BCUT2D eigenvalue weighted by atomic mass is 9.97. The third-order valence-corrected chi connectivity index (χ3v) is 5.18. The fraction of sp³-hybridized carbons (Fsp3) is 0.533. The molecule has 1 amide bonds. The Morgan fingerprint density at radius 2 is 2.17 bits per heavy atom. The summed E-state index contributed by atoms with van der Waals surface area (Å²) in [4.78, 5) is 23.3. The molecule has 1 unspecified atom stereocenters. The second-order valence-electron chi connectivity index (χ2n) is 6.07. The van der Waals surface area contributed by atoms with E-state index in [0.717, 1.165) is 25.2 Å². The monoisotopic (exact) mass is 355 g/mol. The molecule has 8 nitrogen and oxygen atoms in total. The Kier molecular flexibility index (Phi) is 5.43. The smallest absolute Gasteiger partial charge is 0.270 e. The van der Waals surface area contributed by atoms with Crippen molar-refractivity contribution in [3.63, 3.8) is 0 Å². The average molecular weight is 355 g/mol. The number of nitrogens with one attached hydrogen (secondary N) is 1. The van der Waals surface area contributed by atoms with Gasteiger partial charge >= 0.3 is 0 Å². The Morgan fingerprint density at radius 3 is 2.75 bits per heavy atom. The lowest BCUT2D eigenvalue weighted by Crippen LogP contribution is -2.41. The fourth-order valence-corrected chi connectivity index (χ4v) is 3.83. The molecule has 1 aromatic rings. The normalized spacial score (nSPS) is 18.2. The number of benzene rings is 1. The number of hydrogen-bond acceptors (Lipinski definition) is 6. The first-order valence-corrected chi connectivity index (χ1v) is 9.55. The van der Waals surface area contributed by atoms with E-state index in [-0.39, 0.29) is 22.4 Å². The molecule has 0 radical (unpaired) electrons. The minimum atomic E-state index is -3.60. The molecule has 1 fully saturated rings.